The SMILES string of the molecule is CCO[Si](CC(C)CC(C)(C)C)(OCC)OCC.CCO[Si](CCCCCC(C)C)(OCC)OCC. The average Bonchev–Trinajstić information content (AvgIpc) is 2.73. The van der Waals surface area contributed by atoms with Crippen molar-refractivity contribution in [3.8, 4) is 0 Å². The Morgan fingerprint density at radius 3 is 1.28 bits per heavy atom. The molecular formula is C28H64O6Si2. The third-order valence-electron chi connectivity index (χ3n) is 5.51. The molecule has 0 bridgehead atoms. The molecule has 1 unspecified atom stereocenters. The third kappa shape index (κ3) is 20.2. The summed E-state index contributed by atoms with van der Waals surface area (Å²) in [6, 6.07) is 1.88. The van der Waals surface area contributed by atoms with Crippen molar-refractivity contribution in [2.45, 2.75) is 127 Å². The first kappa shape index (κ1) is 38.3. The topological polar surface area (TPSA) is 55.4 Å². The molecule has 0 aliphatic carbocycles. The zero-order valence-corrected chi connectivity index (χ0v) is 28.3. The molecule has 0 aromatic heterocycles. The maximum absolute atomic E-state index is 5.89. The van der Waals surface area contributed by atoms with Crippen LogP contribution in [0.3, 0.4) is 0 Å². The van der Waals surface area contributed by atoms with E-state index in [1.807, 2.05) is 41.5 Å². The van der Waals surface area contributed by atoms with Gasteiger partial charge >= 0.3 is 17.6 Å². The summed E-state index contributed by atoms with van der Waals surface area (Å²) < 4.78 is 35.2. The first-order valence-corrected chi connectivity index (χ1v) is 18.6. The molecule has 0 spiro atoms. The van der Waals surface area contributed by atoms with E-state index >= 15 is 0 Å². The van der Waals surface area contributed by atoms with Crippen molar-refractivity contribution in [2.75, 3.05) is 39.6 Å². The van der Waals surface area contributed by atoms with Crippen LogP contribution in [0.25, 0.3) is 0 Å². The van der Waals surface area contributed by atoms with Gasteiger partial charge in [-0.05, 0) is 71.6 Å². The average molecular weight is 553 g/mol. The minimum atomic E-state index is -2.46. The highest BCUT2D eigenvalue weighted by Crippen LogP contribution is 2.31. The molecule has 0 heterocycles. The zero-order valence-electron chi connectivity index (χ0n) is 26.3. The van der Waals surface area contributed by atoms with Crippen LogP contribution in [0.15, 0.2) is 0 Å². The lowest BCUT2D eigenvalue weighted by atomic mass is 9.86. The van der Waals surface area contributed by atoms with Crippen LogP contribution < -0.4 is 0 Å². The van der Waals surface area contributed by atoms with Crippen LogP contribution >= 0.6 is 0 Å². The summed E-state index contributed by atoms with van der Waals surface area (Å²) in [5.74, 6) is 1.36. The summed E-state index contributed by atoms with van der Waals surface area (Å²) >= 11 is 0. The number of hydrogen-bond acceptors (Lipinski definition) is 6. The number of unbranched alkanes of at least 4 members (excludes halogenated alkanes) is 2. The molecule has 1 atom stereocenters. The van der Waals surface area contributed by atoms with Crippen LogP contribution in [0.1, 0.15) is 115 Å². The van der Waals surface area contributed by atoms with E-state index in [0.717, 1.165) is 30.8 Å². The van der Waals surface area contributed by atoms with Crippen LogP contribution in [-0.4, -0.2) is 57.3 Å². The summed E-state index contributed by atoms with van der Waals surface area (Å²) in [6.07, 6.45) is 6.17. The lowest BCUT2D eigenvalue weighted by Gasteiger charge is -2.32. The van der Waals surface area contributed by atoms with Crippen molar-refractivity contribution in [3.63, 3.8) is 0 Å². The van der Waals surface area contributed by atoms with Crippen molar-refractivity contribution in [1.82, 2.24) is 0 Å². The van der Waals surface area contributed by atoms with E-state index in [4.69, 9.17) is 26.6 Å². The molecule has 220 valence electrons. The van der Waals surface area contributed by atoms with Crippen molar-refractivity contribution in [2.24, 2.45) is 17.3 Å². The highest BCUT2D eigenvalue weighted by molar-refractivity contribution is 6.61. The largest absolute Gasteiger partial charge is 0.501 e. The minimum Gasteiger partial charge on any atom is -0.374 e. The molecule has 0 radical (unpaired) electrons. The van der Waals surface area contributed by atoms with Crippen LogP contribution in [0.2, 0.25) is 12.1 Å². The maximum atomic E-state index is 5.89. The second-order valence-corrected chi connectivity index (χ2v) is 16.4. The molecule has 0 N–H and O–H groups in total. The Morgan fingerprint density at radius 2 is 0.944 bits per heavy atom. The molecule has 0 aliphatic heterocycles. The Labute approximate surface area is 228 Å². The Morgan fingerprint density at radius 1 is 0.556 bits per heavy atom. The van der Waals surface area contributed by atoms with Crippen molar-refractivity contribution in [3.05, 3.63) is 0 Å². The fourth-order valence-electron chi connectivity index (χ4n) is 4.58. The highest BCUT2D eigenvalue weighted by atomic mass is 28.4. The van der Waals surface area contributed by atoms with Crippen molar-refractivity contribution >= 4 is 17.6 Å². The Kier molecular flexibility index (Phi) is 23.5. The normalized spacial score (nSPS) is 13.6. The predicted octanol–water partition coefficient (Wildman–Crippen LogP) is 8.36. The minimum absolute atomic E-state index is 0.338. The first-order chi connectivity index (χ1) is 16.9. The zero-order chi connectivity index (χ0) is 28.1. The first-order valence-electron chi connectivity index (χ1n) is 14.7. The molecule has 0 fully saturated rings. The molecule has 0 rings (SSSR count). The van der Waals surface area contributed by atoms with E-state index in [-0.39, 0.29) is 0 Å². The Bertz CT molecular complexity index is 451. The number of rotatable bonds is 21. The van der Waals surface area contributed by atoms with Crippen LogP contribution in [0.4, 0.5) is 0 Å². The standard InChI is InChI=1S/2C14H32O3Si/c1-8-15-18(16-9-2,17-10-3)12-13(4)11-14(5,6)7;1-6-15-18(16-7-2,17-8-3)13-11-9-10-12-14(4)5/h13H,8-12H2,1-7H3;14H,6-13H2,1-5H3. The van der Waals surface area contributed by atoms with E-state index in [0.29, 0.717) is 51.0 Å². The molecule has 36 heavy (non-hydrogen) atoms. The Hall–Kier alpha value is 0.194. The molecule has 0 aromatic carbocycles. The monoisotopic (exact) mass is 552 g/mol. The van der Waals surface area contributed by atoms with Gasteiger partial charge in [-0.2, -0.15) is 0 Å². The van der Waals surface area contributed by atoms with Gasteiger partial charge in [0.05, 0.1) is 0 Å². The number of hydrogen-bond donors (Lipinski definition) is 0. The van der Waals surface area contributed by atoms with Gasteiger partial charge in [0.25, 0.3) is 0 Å². The van der Waals surface area contributed by atoms with Crippen LogP contribution in [-0.2, 0) is 26.6 Å². The van der Waals surface area contributed by atoms with E-state index in [2.05, 4.69) is 41.5 Å². The fourth-order valence-corrected chi connectivity index (χ4v) is 10.2. The van der Waals surface area contributed by atoms with Gasteiger partial charge in [-0.3, -0.25) is 0 Å². The van der Waals surface area contributed by atoms with Gasteiger partial charge in [-0.15, -0.1) is 0 Å². The summed E-state index contributed by atoms with van der Waals surface area (Å²) in [5.41, 5.74) is 0.338. The maximum Gasteiger partial charge on any atom is 0.501 e. The Balaban J connectivity index is 0. The summed E-state index contributed by atoms with van der Waals surface area (Å²) in [5, 5.41) is 0. The van der Waals surface area contributed by atoms with Gasteiger partial charge in [-0.1, -0.05) is 60.8 Å². The molecule has 0 saturated heterocycles. The van der Waals surface area contributed by atoms with Gasteiger partial charge in [0.1, 0.15) is 0 Å². The molecule has 0 aliphatic rings. The predicted molar refractivity (Wildman–Crippen MR) is 157 cm³/mol. The second kappa shape index (κ2) is 22.1. The van der Waals surface area contributed by atoms with Crippen molar-refractivity contribution < 1.29 is 26.6 Å². The fraction of sp³-hybridized carbons (Fsp3) is 1.00. The lowest BCUT2D eigenvalue weighted by Crippen LogP contribution is -2.47. The summed E-state index contributed by atoms with van der Waals surface area (Å²) in [4.78, 5) is 0. The lowest BCUT2D eigenvalue weighted by molar-refractivity contribution is 0.0657. The molecule has 8 heteroatoms. The third-order valence-corrected chi connectivity index (χ3v) is 12.0. The van der Waals surface area contributed by atoms with E-state index in [9.17, 15) is 0 Å². The van der Waals surface area contributed by atoms with Crippen molar-refractivity contribution in [1.29, 1.82) is 0 Å². The summed E-state index contributed by atoms with van der Waals surface area (Å²) in [6.45, 7) is 29.7. The van der Waals surface area contributed by atoms with Crippen LogP contribution in [0, 0.1) is 17.3 Å². The second-order valence-electron chi connectivity index (χ2n) is 11.0. The molecule has 0 aromatic rings. The van der Waals surface area contributed by atoms with Gasteiger partial charge in [0.15, 0.2) is 0 Å². The molecular weight excluding hydrogens is 488 g/mol. The summed E-state index contributed by atoms with van der Waals surface area (Å²) in [7, 11) is -4.83. The molecule has 0 amide bonds. The smallest absolute Gasteiger partial charge is 0.374 e. The highest BCUT2D eigenvalue weighted by Gasteiger charge is 2.42. The molecule has 6 nitrogen and oxygen atoms in total. The van der Waals surface area contributed by atoms with E-state index < -0.39 is 17.6 Å². The van der Waals surface area contributed by atoms with Gasteiger partial charge in [0, 0.05) is 51.7 Å². The van der Waals surface area contributed by atoms with Gasteiger partial charge < -0.3 is 26.6 Å². The van der Waals surface area contributed by atoms with Crippen LogP contribution in [0.5, 0.6) is 0 Å². The van der Waals surface area contributed by atoms with Gasteiger partial charge in [0.2, 0.25) is 0 Å². The van der Waals surface area contributed by atoms with E-state index in [1.54, 1.807) is 0 Å². The van der Waals surface area contributed by atoms with E-state index in [1.165, 1.54) is 19.3 Å². The molecule has 0 saturated carbocycles. The van der Waals surface area contributed by atoms with Gasteiger partial charge in [-0.25, -0.2) is 0 Å². The quantitative estimate of drug-likeness (QED) is 0.105.